The maximum absolute atomic E-state index is 12.7. The zero-order chi connectivity index (χ0) is 22.2. The number of morpholine rings is 1. The van der Waals surface area contributed by atoms with Gasteiger partial charge in [-0.3, -0.25) is 4.79 Å². The van der Waals surface area contributed by atoms with Gasteiger partial charge in [0.1, 0.15) is 5.75 Å². The lowest BCUT2D eigenvalue weighted by Crippen LogP contribution is -2.37. The monoisotopic (exact) mass is 446 g/mol. The molecular weight excluding hydrogens is 420 g/mol. The van der Waals surface area contributed by atoms with Gasteiger partial charge in [-0.05, 0) is 55.3 Å². The highest BCUT2D eigenvalue weighted by Gasteiger charge is 2.21. The Morgan fingerprint density at radius 1 is 1.16 bits per heavy atom. The van der Waals surface area contributed by atoms with Gasteiger partial charge in [-0.1, -0.05) is 18.5 Å². The van der Waals surface area contributed by atoms with Gasteiger partial charge in [0.15, 0.2) is 6.61 Å². The molecule has 0 saturated carbocycles. The summed E-state index contributed by atoms with van der Waals surface area (Å²) in [7, 11) is 0. The number of halogens is 1. The third-order valence-corrected chi connectivity index (χ3v) is 5.02. The SMILES string of the molecule is CCCOC(=O)c1cc(NC(=O)COc2ccc(Cl)cc2C)ccc1N1CCOCC1. The third kappa shape index (κ3) is 6.35. The van der Waals surface area contributed by atoms with Gasteiger partial charge >= 0.3 is 5.97 Å². The first-order chi connectivity index (χ1) is 15.0. The summed E-state index contributed by atoms with van der Waals surface area (Å²) in [5.74, 6) is -0.153. The van der Waals surface area contributed by atoms with Gasteiger partial charge < -0.3 is 24.4 Å². The Morgan fingerprint density at radius 2 is 1.94 bits per heavy atom. The summed E-state index contributed by atoms with van der Waals surface area (Å²) in [6, 6.07) is 10.5. The Bertz CT molecular complexity index is 928. The van der Waals surface area contributed by atoms with Gasteiger partial charge in [-0.25, -0.2) is 4.79 Å². The number of nitrogens with one attached hydrogen (secondary N) is 1. The van der Waals surface area contributed by atoms with Crippen molar-refractivity contribution in [3.8, 4) is 5.75 Å². The molecule has 0 radical (unpaired) electrons. The predicted molar refractivity (Wildman–Crippen MR) is 120 cm³/mol. The molecule has 1 heterocycles. The quantitative estimate of drug-likeness (QED) is 0.616. The topological polar surface area (TPSA) is 77.1 Å². The van der Waals surface area contributed by atoms with Crippen LogP contribution in [0.2, 0.25) is 5.02 Å². The van der Waals surface area contributed by atoms with Crippen molar-refractivity contribution in [1.29, 1.82) is 0 Å². The summed E-state index contributed by atoms with van der Waals surface area (Å²) in [5.41, 5.74) is 2.54. The zero-order valence-electron chi connectivity index (χ0n) is 17.8. The number of amides is 1. The number of anilines is 2. The first-order valence-electron chi connectivity index (χ1n) is 10.3. The van der Waals surface area contributed by atoms with Crippen LogP contribution in [0, 0.1) is 6.92 Å². The zero-order valence-corrected chi connectivity index (χ0v) is 18.5. The summed E-state index contributed by atoms with van der Waals surface area (Å²) in [6.07, 6.45) is 0.733. The van der Waals surface area contributed by atoms with E-state index in [0.717, 1.165) is 17.7 Å². The Labute approximate surface area is 187 Å². The molecule has 2 aromatic rings. The van der Waals surface area contributed by atoms with E-state index in [1.54, 1.807) is 30.3 Å². The molecule has 1 amide bonds. The Kier molecular flexibility index (Phi) is 8.14. The number of nitrogens with zero attached hydrogens (tertiary/aromatic N) is 1. The Balaban J connectivity index is 1.71. The van der Waals surface area contributed by atoms with Crippen molar-refractivity contribution in [3.63, 3.8) is 0 Å². The molecule has 0 aliphatic carbocycles. The van der Waals surface area contributed by atoms with Gasteiger partial charge in [0.2, 0.25) is 0 Å². The number of hydrogen-bond acceptors (Lipinski definition) is 6. The fourth-order valence-electron chi connectivity index (χ4n) is 3.24. The van der Waals surface area contributed by atoms with Crippen molar-refractivity contribution >= 4 is 34.9 Å². The summed E-state index contributed by atoms with van der Waals surface area (Å²) < 4.78 is 16.3. The van der Waals surface area contributed by atoms with Gasteiger partial charge in [0.05, 0.1) is 31.1 Å². The first kappa shape index (κ1) is 22.9. The molecule has 0 unspecified atom stereocenters. The largest absolute Gasteiger partial charge is 0.483 e. The highest BCUT2D eigenvalue weighted by Crippen LogP contribution is 2.27. The van der Waals surface area contributed by atoms with Crippen molar-refractivity contribution in [2.24, 2.45) is 0 Å². The van der Waals surface area contributed by atoms with Crippen LogP contribution in [0.25, 0.3) is 0 Å². The average Bonchev–Trinajstić information content (AvgIpc) is 2.77. The van der Waals surface area contributed by atoms with E-state index >= 15 is 0 Å². The van der Waals surface area contributed by atoms with Crippen LogP contribution in [0.5, 0.6) is 5.75 Å². The van der Waals surface area contributed by atoms with E-state index in [-0.39, 0.29) is 12.5 Å². The molecule has 1 saturated heterocycles. The lowest BCUT2D eigenvalue weighted by atomic mass is 10.1. The van der Waals surface area contributed by atoms with Crippen LogP contribution in [0.15, 0.2) is 36.4 Å². The molecule has 0 bridgehead atoms. The van der Waals surface area contributed by atoms with E-state index < -0.39 is 5.97 Å². The molecule has 2 aromatic carbocycles. The Morgan fingerprint density at radius 3 is 2.65 bits per heavy atom. The van der Waals surface area contributed by atoms with Crippen molar-refractivity contribution in [3.05, 3.63) is 52.5 Å². The predicted octanol–water partition coefficient (Wildman–Crippen LogP) is 4.07. The van der Waals surface area contributed by atoms with Gasteiger partial charge in [0.25, 0.3) is 5.91 Å². The second kappa shape index (κ2) is 11.0. The second-order valence-corrected chi connectivity index (χ2v) is 7.65. The third-order valence-electron chi connectivity index (χ3n) is 4.79. The fraction of sp³-hybridized carbons (Fsp3) is 0.391. The van der Waals surface area contributed by atoms with Crippen molar-refractivity contribution in [2.45, 2.75) is 20.3 Å². The second-order valence-electron chi connectivity index (χ2n) is 7.21. The summed E-state index contributed by atoms with van der Waals surface area (Å²) >= 11 is 5.94. The number of esters is 1. The van der Waals surface area contributed by atoms with Crippen LogP contribution in [-0.2, 0) is 14.3 Å². The van der Waals surface area contributed by atoms with Crippen LogP contribution in [-0.4, -0.2) is 51.4 Å². The van der Waals surface area contributed by atoms with Crippen LogP contribution < -0.4 is 15.0 Å². The molecule has 1 aliphatic heterocycles. The van der Waals surface area contributed by atoms with E-state index in [9.17, 15) is 9.59 Å². The average molecular weight is 447 g/mol. The van der Waals surface area contributed by atoms with E-state index in [2.05, 4.69) is 10.2 Å². The van der Waals surface area contributed by atoms with Gasteiger partial charge in [-0.2, -0.15) is 0 Å². The summed E-state index contributed by atoms with van der Waals surface area (Å²) in [4.78, 5) is 27.1. The van der Waals surface area contributed by atoms with E-state index in [1.807, 2.05) is 19.9 Å². The molecule has 7 nitrogen and oxygen atoms in total. The van der Waals surface area contributed by atoms with Crippen molar-refractivity contribution < 1.29 is 23.8 Å². The molecule has 31 heavy (non-hydrogen) atoms. The molecule has 0 aromatic heterocycles. The Hall–Kier alpha value is -2.77. The van der Waals surface area contributed by atoms with Crippen LogP contribution in [0.4, 0.5) is 11.4 Å². The molecule has 3 rings (SSSR count). The number of aryl methyl sites for hydroxylation is 1. The standard InChI is InChI=1S/C23H27ClN2O5/c1-3-10-30-23(28)19-14-18(5-6-20(19)26-8-11-29-12-9-26)25-22(27)15-31-21-7-4-17(24)13-16(21)2/h4-7,13-14H,3,8-12,15H2,1-2H3,(H,25,27). The van der Waals surface area contributed by atoms with E-state index in [1.165, 1.54) is 0 Å². The number of benzene rings is 2. The van der Waals surface area contributed by atoms with E-state index in [4.69, 9.17) is 25.8 Å². The molecule has 1 aliphatic rings. The minimum atomic E-state index is -0.410. The first-order valence-corrected chi connectivity index (χ1v) is 10.7. The van der Waals surface area contributed by atoms with Crippen molar-refractivity contribution in [1.82, 2.24) is 0 Å². The maximum Gasteiger partial charge on any atom is 0.340 e. The van der Waals surface area contributed by atoms with Crippen LogP contribution in [0.3, 0.4) is 0 Å². The fourth-order valence-corrected chi connectivity index (χ4v) is 3.47. The molecule has 1 N–H and O–H groups in total. The number of hydrogen-bond donors (Lipinski definition) is 1. The van der Waals surface area contributed by atoms with E-state index in [0.29, 0.717) is 54.9 Å². The lowest BCUT2D eigenvalue weighted by Gasteiger charge is -2.30. The van der Waals surface area contributed by atoms with Crippen molar-refractivity contribution in [2.75, 3.05) is 49.7 Å². The van der Waals surface area contributed by atoms with Crippen LogP contribution >= 0.6 is 11.6 Å². The summed E-state index contributed by atoms with van der Waals surface area (Å²) in [5, 5.41) is 3.39. The smallest absolute Gasteiger partial charge is 0.340 e. The summed E-state index contributed by atoms with van der Waals surface area (Å²) in [6.45, 7) is 6.55. The molecule has 8 heteroatoms. The molecule has 0 atom stereocenters. The maximum atomic E-state index is 12.7. The number of ether oxygens (including phenoxy) is 3. The van der Waals surface area contributed by atoms with Crippen LogP contribution in [0.1, 0.15) is 29.3 Å². The highest BCUT2D eigenvalue weighted by molar-refractivity contribution is 6.30. The van der Waals surface area contributed by atoms with Gasteiger partial charge in [-0.15, -0.1) is 0 Å². The molecule has 166 valence electrons. The molecule has 0 spiro atoms. The normalized spacial score (nSPS) is 13.6. The lowest BCUT2D eigenvalue weighted by molar-refractivity contribution is -0.118. The number of rotatable bonds is 8. The number of carbonyl (C=O) groups is 2. The number of carbonyl (C=O) groups excluding carboxylic acids is 2. The van der Waals surface area contributed by atoms with Gasteiger partial charge in [0, 0.05) is 23.8 Å². The molecule has 1 fully saturated rings. The highest BCUT2D eigenvalue weighted by atomic mass is 35.5. The minimum Gasteiger partial charge on any atom is -0.483 e. The minimum absolute atomic E-state index is 0.163. The molecular formula is C23H27ClN2O5.